The molecule has 5 rings (SSSR count). The molecule has 5 aromatic rings. The molecule has 2 aromatic carbocycles. The van der Waals surface area contributed by atoms with Crippen molar-refractivity contribution >= 4 is 10.9 Å². The average Bonchev–Trinajstić information content (AvgIpc) is 3.40. The fraction of sp³-hybridized carbons (Fsp3) is 0.0952. The molecule has 0 saturated carbocycles. The number of hydrogen-bond donors (Lipinski definition) is 0. The molecule has 27 heavy (non-hydrogen) atoms. The molecule has 0 atom stereocenters. The summed E-state index contributed by atoms with van der Waals surface area (Å²) in [5, 5.41) is 10.00. The summed E-state index contributed by atoms with van der Waals surface area (Å²) >= 11 is 0. The van der Waals surface area contributed by atoms with Crippen molar-refractivity contribution in [1.82, 2.24) is 29.1 Å². The van der Waals surface area contributed by atoms with Crippen molar-refractivity contribution in [1.29, 1.82) is 0 Å². The van der Waals surface area contributed by atoms with E-state index >= 15 is 0 Å². The molecule has 3 aromatic heterocycles. The highest BCUT2D eigenvalue weighted by Gasteiger charge is 2.13. The lowest BCUT2D eigenvalue weighted by atomic mass is 10.2. The van der Waals surface area contributed by atoms with E-state index in [1.165, 1.54) is 10.9 Å². The van der Waals surface area contributed by atoms with Crippen molar-refractivity contribution in [2.24, 2.45) is 7.05 Å². The van der Waals surface area contributed by atoms with Gasteiger partial charge < -0.3 is 4.57 Å². The highest BCUT2D eigenvalue weighted by Crippen LogP contribution is 2.25. The van der Waals surface area contributed by atoms with Gasteiger partial charge >= 0.3 is 0 Å². The monoisotopic (exact) mass is 354 g/mol. The maximum absolute atomic E-state index is 4.62. The van der Waals surface area contributed by atoms with Crippen molar-refractivity contribution in [3.63, 3.8) is 0 Å². The Morgan fingerprint density at radius 3 is 2.48 bits per heavy atom. The predicted octanol–water partition coefficient (Wildman–Crippen LogP) is 3.92. The van der Waals surface area contributed by atoms with Gasteiger partial charge in [0.2, 0.25) is 0 Å². The molecule has 0 bridgehead atoms. The van der Waals surface area contributed by atoms with Gasteiger partial charge in [-0.1, -0.05) is 18.2 Å². The van der Waals surface area contributed by atoms with Gasteiger partial charge in [-0.05, 0) is 48.7 Å². The van der Waals surface area contributed by atoms with Crippen molar-refractivity contribution in [2.45, 2.75) is 6.92 Å². The van der Waals surface area contributed by atoms with E-state index in [1.54, 1.807) is 10.9 Å². The van der Waals surface area contributed by atoms with Gasteiger partial charge in [0, 0.05) is 24.5 Å². The Bertz CT molecular complexity index is 1240. The van der Waals surface area contributed by atoms with Gasteiger partial charge in [0.05, 0.1) is 17.9 Å². The molecule has 0 N–H and O–H groups in total. The van der Waals surface area contributed by atoms with Gasteiger partial charge in [-0.3, -0.25) is 4.68 Å². The first-order chi connectivity index (χ1) is 13.2. The molecule has 0 radical (unpaired) electrons. The third-order valence-electron chi connectivity index (χ3n) is 4.65. The van der Waals surface area contributed by atoms with E-state index in [1.807, 2.05) is 24.9 Å². The summed E-state index contributed by atoms with van der Waals surface area (Å²) in [7, 11) is 1.89. The standard InChI is InChI=1S/C21H18N6/c1-15-23-21(27(24-15)19-13-22-25(2)14-19)17-7-9-18(10-8-17)26-12-11-16-5-3-4-6-20(16)26/h3-14H,1-2H3. The van der Waals surface area contributed by atoms with Gasteiger partial charge in [-0.2, -0.15) is 10.2 Å². The number of para-hydroxylation sites is 1. The minimum absolute atomic E-state index is 0.731. The fourth-order valence-electron chi connectivity index (χ4n) is 3.38. The predicted molar refractivity (Wildman–Crippen MR) is 105 cm³/mol. The Hall–Kier alpha value is -3.67. The Labute approximate surface area is 156 Å². The Balaban J connectivity index is 1.57. The maximum Gasteiger partial charge on any atom is 0.163 e. The van der Waals surface area contributed by atoms with Crippen LogP contribution in [0.3, 0.4) is 0 Å². The largest absolute Gasteiger partial charge is 0.317 e. The second-order valence-corrected chi connectivity index (χ2v) is 6.56. The molecule has 132 valence electrons. The molecule has 3 heterocycles. The molecule has 6 heteroatoms. The minimum Gasteiger partial charge on any atom is -0.317 e. The molecule has 0 amide bonds. The molecular formula is C21H18N6. The van der Waals surface area contributed by atoms with Crippen LogP contribution in [0.15, 0.2) is 73.2 Å². The van der Waals surface area contributed by atoms with Gasteiger partial charge in [-0.15, -0.1) is 0 Å². The zero-order valence-electron chi connectivity index (χ0n) is 15.1. The molecule has 0 aliphatic heterocycles. The van der Waals surface area contributed by atoms with Crippen LogP contribution >= 0.6 is 0 Å². The topological polar surface area (TPSA) is 53.5 Å². The van der Waals surface area contributed by atoms with Crippen LogP contribution in [0.1, 0.15) is 5.82 Å². The van der Waals surface area contributed by atoms with Crippen LogP contribution in [0.5, 0.6) is 0 Å². The highest BCUT2D eigenvalue weighted by atomic mass is 15.4. The number of rotatable bonds is 3. The molecule has 0 aliphatic carbocycles. The Morgan fingerprint density at radius 1 is 0.889 bits per heavy atom. The SMILES string of the molecule is Cc1nc(-c2ccc(-n3ccc4ccccc43)cc2)n(-c2cnn(C)c2)n1. The first-order valence-corrected chi connectivity index (χ1v) is 8.79. The summed E-state index contributed by atoms with van der Waals surface area (Å²) in [5.74, 6) is 1.54. The van der Waals surface area contributed by atoms with Crippen LogP contribution in [0.25, 0.3) is 33.7 Å². The van der Waals surface area contributed by atoms with E-state index in [0.29, 0.717) is 0 Å². The quantitative estimate of drug-likeness (QED) is 0.493. The van der Waals surface area contributed by atoms with Gasteiger partial charge in [0.25, 0.3) is 0 Å². The highest BCUT2D eigenvalue weighted by molar-refractivity contribution is 5.82. The lowest BCUT2D eigenvalue weighted by molar-refractivity contribution is 0.766. The van der Waals surface area contributed by atoms with Crippen molar-refractivity contribution < 1.29 is 0 Å². The summed E-state index contributed by atoms with van der Waals surface area (Å²) in [6.45, 7) is 1.90. The molecule has 0 spiro atoms. The third kappa shape index (κ3) is 2.62. The summed E-state index contributed by atoms with van der Waals surface area (Å²) in [5.41, 5.74) is 4.22. The van der Waals surface area contributed by atoms with Crippen LogP contribution in [0, 0.1) is 6.92 Å². The minimum atomic E-state index is 0.731. The second kappa shape index (κ2) is 5.95. The van der Waals surface area contributed by atoms with Crippen molar-refractivity contribution in [3.8, 4) is 22.8 Å². The van der Waals surface area contributed by atoms with Crippen LogP contribution in [0.2, 0.25) is 0 Å². The van der Waals surface area contributed by atoms with E-state index in [4.69, 9.17) is 0 Å². The van der Waals surface area contributed by atoms with E-state index < -0.39 is 0 Å². The molecule has 6 nitrogen and oxygen atoms in total. The number of hydrogen-bond acceptors (Lipinski definition) is 3. The lowest BCUT2D eigenvalue weighted by Gasteiger charge is -2.08. The second-order valence-electron chi connectivity index (χ2n) is 6.56. The smallest absolute Gasteiger partial charge is 0.163 e. The number of aromatic nitrogens is 6. The number of fused-ring (bicyclic) bond motifs is 1. The summed E-state index contributed by atoms with van der Waals surface area (Å²) in [6.07, 6.45) is 5.82. The fourth-order valence-corrected chi connectivity index (χ4v) is 3.38. The van der Waals surface area contributed by atoms with Gasteiger partial charge in [0.1, 0.15) is 11.5 Å². The first-order valence-electron chi connectivity index (χ1n) is 8.79. The lowest BCUT2D eigenvalue weighted by Crippen LogP contribution is -1.99. The summed E-state index contributed by atoms with van der Waals surface area (Å²) < 4.78 is 5.79. The van der Waals surface area contributed by atoms with E-state index in [-0.39, 0.29) is 0 Å². The first kappa shape index (κ1) is 15.6. The average molecular weight is 354 g/mol. The molecular weight excluding hydrogens is 336 g/mol. The van der Waals surface area contributed by atoms with Crippen LogP contribution in [-0.4, -0.2) is 29.1 Å². The normalized spacial score (nSPS) is 11.3. The van der Waals surface area contributed by atoms with Gasteiger partial charge in [0.15, 0.2) is 5.82 Å². The molecule has 0 saturated heterocycles. The summed E-state index contributed by atoms with van der Waals surface area (Å²) in [6, 6.07) is 18.9. The maximum atomic E-state index is 4.62. The van der Waals surface area contributed by atoms with Crippen molar-refractivity contribution in [2.75, 3.05) is 0 Å². The van der Waals surface area contributed by atoms with E-state index in [0.717, 1.165) is 28.6 Å². The molecule has 0 fully saturated rings. The number of aryl methyl sites for hydroxylation is 2. The van der Waals surface area contributed by atoms with Gasteiger partial charge in [-0.25, -0.2) is 9.67 Å². The zero-order chi connectivity index (χ0) is 18.4. The Kier molecular flexibility index (Phi) is 3.43. The van der Waals surface area contributed by atoms with Crippen LogP contribution in [0.4, 0.5) is 0 Å². The summed E-state index contributed by atoms with van der Waals surface area (Å²) in [4.78, 5) is 4.62. The van der Waals surface area contributed by atoms with E-state index in [2.05, 4.69) is 80.5 Å². The third-order valence-corrected chi connectivity index (χ3v) is 4.65. The Morgan fingerprint density at radius 2 is 1.70 bits per heavy atom. The molecule has 0 aliphatic rings. The zero-order valence-corrected chi connectivity index (χ0v) is 15.1. The molecule has 0 unspecified atom stereocenters. The number of benzene rings is 2. The van der Waals surface area contributed by atoms with Crippen LogP contribution < -0.4 is 0 Å². The number of nitrogens with zero attached hydrogens (tertiary/aromatic N) is 6. The van der Waals surface area contributed by atoms with E-state index in [9.17, 15) is 0 Å². The van der Waals surface area contributed by atoms with Crippen molar-refractivity contribution in [3.05, 3.63) is 79.0 Å². The van der Waals surface area contributed by atoms with Crippen LogP contribution in [-0.2, 0) is 7.05 Å².